The average Bonchev–Trinajstić information content (AvgIpc) is 3.06. The quantitative estimate of drug-likeness (QED) is 0.550. The number of carbonyl (C=O) groups is 1. The van der Waals surface area contributed by atoms with Crippen molar-refractivity contribution in [2.45, 2.75) is 19.6 Å². The molecule has 26 heavy (non-hydrogen) atoms. The lowest BCUT2D eigenvalue weighted by molar-refractivity contribution is -0.166. The summed E-state index contributed by atoms with van der Waals surface area (Å²) < 4.78 is 22.0. The average molecular weight is 367 g/mol. The van der Waals surface area contributed by atoms with E-state index >= 15 is 0 Å². The Hall–Kier alpha value is -2.92. The van der Waals surface area contributed by atoms with E-state index in [0.29, 0.717) is 5.76 Å². The first-order chi connectivity index (χ1) is 12.4. The molecule has 2 heterocycles. The standard InChI is InChI=1S/C15H21N5O6/c1-6-10(24-4)15(2,26-8-23-3)20-7-9-11(19-20)12(21)17-13(16-9)18-14(22)25-5/h6-7H,8H2,1-5H3,(H2,16,17,18,21,22)/b10-6+. The second kappa shape index (κ2) is 7.97. The molecule has 0 saturated carbocycles. The van der Waals surface area contributed by atoms with Crippen LogP contribution in [0.5, 0.6) is 0 Å². The Bertz CT molecular complexity index is 873. The number of hydrogen-bond donors (Lipinski definition) is 2. The van der Waals surface area contributed by atoms with Crippen LogP contribution in [0.25, 0.3) is 11.0 Å². The number of aromatic amines is 1. The minimum atomic E-state index is -1.18. The highest BCUT2D eigenvalue weighted by molar-refractivity contribution is 5.83. The molecule has 2 aromatic rings. The van der Waals surface area contributed by atoms with Crippen molar-refractivity contribution in [2.75, 3.05) is 33.4 Å². The summed E-state index contributed by atoms with van der Waals surface area (Å²) in [4.78, 5) is 30.1. The van der Waals surface area contributed by atoms with Crippen LogP contribution in [0.4, 0.5) is 10.7 Å². The first-order valence-electron chi connectivity index (χ1n) is 7.58. The van der Waals surface area contributed by atoms with Crippen LogP contribution in [0.2, 0.25) is 0 Å². The number of amides is 1. The van der Waals surface area contributed by atoms with Crippen molar-refractivity contribution in [3.05, 3.63) is 28.4 Å². The SMILES string of the molecule is C/C=C(/OC)C(C)(OCOC)n1cc2nc(NC(=O)OC)[nH]c(=O)c2n1. The van der Waals surface area contributed by atoms with Crippen LogP contribution in [-0.4, -0.2) is 54.0 Å². The first-order valence-corrected chi connectivity index (χ1v) is 7.58. The summed E-state index contributed by atoms with van der Waals surface area (Å²) in [6.45, 7) is 3.45. The van der Waals surface area contributed by atoms with Crippen LogP contribution in [0, 0.1) is 0 Å². The predicted octanol–water partition coefficient (Wildman–Crippen LogP) is 1.14. The molecule has 0 aliphatic rings. The zero-order chi connectivity index (χ0) is 19.3. The van der Waals surface area contributed by atoms with Crippen LogP contribution in [-0.2, 0) is 24.7 Å². The van der Waals surface area contributed by atoms with Gasteiger partial charge in [0.1, 0.15) is 18.1 Å². The van der Waals surface area contributed by atoms with E-state index in [9.17, 15) is 9.59 Å². The third kappa shape index (κ3) is 3.68. The summed E-state index contributed by atoms with van der Waals surface area (Å²) in [5, 5.41) is 6.56. The predicted molar refractivity (Wildman–Crippen MR) is 91.6 cm³/mol. The molecule has 0 bridgehead atoms. The second-order valence-corrected chi connectivity index (χ2v) is 5.23. The monoisotopic (exact) mass is 367 g/mol. The van der Waals surface area contributed by atoms with Crippen LogP contribution in [0.3, 0.4) is 0 Å². The number of rotatable bonds is 7. The Morgan fingerprint density at radius 3 is 2.69 bits per heavy atom. The van der Waals surface area contributed by atoms with Gasteiger partial charge in [0.2, 0.25) is 11.7 Å². The van der Waals surface area contributed by atoms with Crippen LogP contribution in [0.15, 0.2) is 22.8 Å². The van der Waals surface area contributed by atoms with E-state index in [-0.39, 0.29) is 23.8 Å². The van der Waals surface area contributed by atoms with Gasteiger partial charge in [0, 0.05) is 7.11 Å². The summed E-state index contributed by atoms with van der Waals surface area (Å²) in [6, 6.07) is 0. The fourth-order valence-corrected chi connectivity index (χ4v) is 2.35. The van der Waals surface area contributed by atoms with Crippen LogP contribution >= 0.6 is 0 Å². The van der Waals surface area contributed by atoms with Gasteiger partial charge in [0.05, 0.1) is 20.4 Å². The molecule has 2 aromatic heterocycles. The number of nitrogens with one attached hydrogen (secondary N) is 2. The van der Waals surface area contributed by atoms with Crippen molar-refractivity contribution < 1.29 is 23.7 Å². The largest absolute Gasteiger partial charge is 0.496 e. The third-order valence-electron chi connectivity index (χ3n) is 3.61. The maximum Gasteiger partial charge on any atom is 0.413 e. The molecular weight excluding hydrogens is 346 g/mol. The molecule has 1 amide bonds. The number of H-pyrrole nitrogens is 1. The molecule has 0 aromatic carbocycles. The zero-order valence-corrected chi connectivity index (χ0v) is 15.2. The van der Waals surface area contributed by atoms with E-state index < -0.39 is 17.4 Å². The Labute approximate surface area is 148 Å². The van der Waals surface area contributed by atoms with Gasteiger partial charge < -0.3 is 18.9 Å². The summed E-state index contributed by atoms with van der Waals surface area (Å²) >= 11 is 0. The molecule has 11 nitrogen and oxygen atoms in total. The molecular formula is C15H21N5O6. The fraction of sp³-hybridized carbons (Fsp3) is 0.467. The molecule has 0 saturated heterocycles. The van der Waals surface area contributed by atoms with Gasteiger partial charge in [-0.1, -0.05) is 0 Å². The molecule has 2 N–H and O–H groups in total. The number of nitrogens with zero attached hydrogens (tertiary/aromatic N) is 3. The topological polar surface area (TPSA) is 130 Å². The Morgan fingerprint density at radius 1 is 1.38 bits per heavy atom. The number of fused-ring (bicyclic) bond motifs is 1. The second-order valence-electron chi connectivity index (χ2n) is 5.23. The number of methoxy groups -OCH3 is 3. The van der Waals surface area contributed by atoms with Crippen molar-refractivity contribution >= 4 is 23.1 Å². The van der Waals surface area contributed by atoms with Gasteiger partial charge in [-0.15, -0.1) is 0 Å². The van der Waals surface area contributed by atoms with E-state index in [1.807, 2.05) is 0 Å². The summed E-state index contributed by atoms with van der Waals surface area (Å²) in [5.41, 5.74) is -1.39. The molecule has 2 rings (SSSR count). The molecule has 11 heteroatoms. The fourth-order valence-electron chi connectivity index (χ4n) is 2.35. The lowest BCUT2D eigenvalue weighted by Crippen LogP contribution is -2.37. The molecule has 0 fully saturated rings. The van der Waals surface area contributed by atoms with Crippen molar-refractivity contribution in [1.29, 1.82) is 0 Å². The number of aromatic nitrogens is 4. The molecule has 0 spiro atoms. The van der Waals surface area contributed by atoms with Gasteiger partial charge in [0.25, 0.3) is 5.56 Å². The van der Waals surface area contributed by atoms with Gasteiger partial charge in [-0.25, -0.2) is 14.5 Å². The summed E-state index contributed by atoms with van der Waals surface area (Å²) in [7, 11) is 4.18. The minimum absolute atomic E-state index is 0.0354. The number of carbonyl (C=O) groups excluding carboxylic acids is 1. The zero-order valence-electron chi connectivity index (χ0n) is 15.2. The van der Waals surface area contributed by atoms with Gasteiger partial charge >= 0.3 is 6.09 Å². The van der Waals surface area contributed by atoms with E-state index in [1.165, 1.54) is 32.2 Å². The van der Waals surface area contributed by atoms with Gasteiger partial charge in [-0.3, -0.25) is 15.1 Å². The molecule has 1 atom stereocenters. The number of allylic oxidation sites excluding steroid dienone is 1. The Balaban J connectivity index is 2.55. The van der Waals surface area contributed by atoms with Crippen LogP contribution in [0.1, 0.15) is 13.8 Å². The number of ether oxygens (including phenoxy) is 4. The Morgan fingerprint density at radius 2 is 2.12 bits per heavy atom. The maximum absolute atomic E-state index is 12.3. The molecule has 0 aliphatic carbocycles. The molecule has 0 radical (unpaired) electrons. The van der Waals surface area contributed by atoms with Crippen molar-refractivity contribution in [3.8, 4) is 0 Å². The van der Waals surface area contributed by atoms with Gasteiger partial charge in [-0.2, -0.15) is 5.10 Å². The van der Waals surface area contributed by atoms with E-state index in [4.69, 9.17) is 14.2 Å². The van der Waals surface area contributed by atoms with Gasteiger partial charge in [-0.05, 0) is 19.9 Å². The minimum Gasteiger partial charge on any atom is -0.496 e. The van der Waals surface area contributed by atoms with E-state index in [1.54, 1.807) is 19.9 Å². The normalized spacial score (nSPS) is 14.1. The molecule has 0 aliphatic heterocycles. The van der Waals surface area contributed by atoms with E-state index in [0.717, 1.165) is 0 Å². The summed E-state index contributed by atoms with van der Waals surface area (Å²) in [6.07, 6.45) is 2.46. The van der Waals surface area contributed by atoms with Crippen molar-refractivity contribution in [2.24, 2.45) is 0 Å². The molecule has 142 valence electrons. The number of anilines is 1. The number of hydrogen-bond acceptors (Lipinski definition) is 8. The van der Waals surface area contributed by atoms with Crippen molar-refractivity contribution in [3.63, 3.8) is 0 Å². The maximum atomic E-state index is 12.3. The van der Waals surface area contributed by atoms with Crippen LogP contribution < -0.4 is 10.9 Å². The third-order valence-corrected chi connectivity index (χ3v) is 3.61. The first kappa shape index (κ1) is 19.4. The lowest BCUT2D eigenvalue weighted by atomic mass is 10.2. The van der Waals surface area contributed by atoms with E-state index in [2.05, 4.69) is 25.1 Å². The van der Waals surface area contributed by atoms with Crippen molar-refractivity contribution in [1.82, 2.24) is 19.7 Å². The lowest BCUT2D eigenvalue weighted by Gasteiger charge is -2.31. The summed E-state index contributed by atoms with van der Waals surface area (Å²) in [5.74, 6) is 0.387. The molecule has 1 unspecified atom stereocenters. The highest BCUT2D eigenvalue weighted by atomic mass is 16.7. The Kier molecular flexibility index (Phi) is 5.95. The van der Waals surface area contributed by atoms with Gasteiger partial charge in [0.15, 0.2) is 5.52 Å². The highest BCUT2D eigenvalue weighted by Gasteiger charge is 2.35. The smallest absolute Gasteiger partial charge is 0.413 e. The highest BCUT2D eigenvalue weighted by Crippen LogP contribution is 2.28.